The molecule has 29 heavy (non-hydrogen) atoms. The lowest BCUT2D eigenvalue weighted by Crippen LogP contribution is -2.39. The van der Waals surface area contributed by atoms with E-state index in [-0.39, 0.29) is 18.0 Å². The molecular weight excluding hydrogens is 362 g/mol. The minimum atomic E-state index is -0.208. The van der Waals surface area contributed by atoms with Crippen LogP contribution in [-0.2, 0) is 6.54 Å². The molecule has 0 atom stereocenters. The van der Waals surface area contributed by atoms with Gasteiger partial charge in [-0.05, 0) is 54.8 Å². The minimum Gasteiger partial charge on any atom is -0.336 e. The molecule has 3 aromatic rings. The molecule has 0 aliphatic heterocycles. The van der Waals surface area contributed by atoms with Crippen molar-refractivity contribution in [1.82, 2.24) is 10.6 Å². The predicted octanol–water partition coefficient (Wildman–Crippen LogP) is 4.81. The molecule has 3 rings (SSSR count). The molecule has 148 valence electrons. The molecule has 0 fully saturated rings. The molecule has 0 spiro atoms. The summed E-state index contributed by atoms with van der Waals surface area (Å²) in [6.07, 6.45) is 0. The van der Waals surface area contributed by atoms with Gasteiger partial charge < -0.3 is 16.0 Å². The van der Waals surface area contributed by atoms with E-state index in [4.69, 9.17) is 0 Å². The number of hydrogen-bond acceptors (Lipinski definition) is 2. The van der Waals surface area contributed by atoms with Crippen molar-refractivity contribution in [3.63, 3.8) is 0 Å². The molecule has 0 aliphatic rings. The number of carbonyl (C=O) groups excluding carboxylic acids is 2. The summed E-state index contributed by atoms with van der Waals surface area (Å²) in [4.78, 5) is 24.1. The van der Waals surface area contributed by atoms with Crippen LogP contribution in [0, 0.1) is 0 Å². The van der Waals surface area contributed by atoms with Crippen molar-refractivity contribution < 1.29 is 9.59 Å². The molecule has 5 heteroatoms. The summed E-state index contributed by atoms with van der Waals surface area (Å²) < 4.78 is 0. The highest BCUT2D eigenvalue weighted by atomic mass is 16.2. The van der Waals surface area contributed by atoms with Gasteiger partial charge in [-0.25, -0.2) is 4.79 Å². The number of benzene rings is 3. The van der Waals surface area contributed by atoms with Gasteiger partial charge in [0.2, 0.25) is 0 Å². The number of urea groups is 1. The second-order valence-corrected chi connectivity index (χ2v) is 7.08. The molecule has 0 saturated heterocycles. The summed E-state index contributed by atoms with van der Waals surface area (Å²) >= 11 is 0. The average molecular weight is 387 g/mol. The summed E-state index contributed by atoms with van der Waals surface area (Å²) in [6, 6.07) is 24.9. The Hall–Kier alpha value is -3.60. The third-order valence-corrected chi connectivity index (χ3v) is 4.34. The number of rotatable bonds is 6. The van der Waals surface area contributed by atoms with Gasteiger partial charge in [0.05, 0.1) is 0 Å². The molecule has 0 saturated carbocycles. The van der Waals surface area contributed by atoms with E-state index in [2.05, 4.69) is 28.1 Å². The molecule has 3 aromatic carbocycles. The van der Waals surface area contributed by atoms with E-state index in [1.165, 1.54) is 0 Å². The average Bonchev–Trinajstić information content (AvgIpc) is 2.73. The second kappa shape index (κ2) is 9.55. The number of anilines is 1. The first-order valence-electron chi connectivity index (χ1n) is 9.61. The molecule has 0 bridgehead atoms. The van der Waals surface area contributed by atoms with Gasteiger partial charge in [0.15, 0.2) is 0 Å². The van der Waals surface area contributed by atoms with Crippen molar-refractivity contribution in [2.45, 2.75) is 26.4 Å². The Morgan fingerprint density at radius 1 is 0.793 bits per heavy atom. The van der Waals surface area contributed by atoms with E-state index in [9.17, 15) is 9.59 Å². The molecule has 0 heterocycles. The normalized spacial score (nSPS) is 10.4. The number of carbonyl (C=O) groups is 2. The van der Waals surface area contributed by atoms with Crippen molar-refractivity contribution in [3.05, 3.63) is 90.0 Å². The van der Waals surface area contributed by atoms with Crippen molar-refractivity contribution in [2.75, 3.05) is 5.32 Å². The lowest BCUT2D eigenvalue weighted by molar-refractivity contribution is 0.102. The molecule has 3 amide bonds. The molecule has 3 N–H and O–H groups in total. The highest BCUT2D eigenvalue weighted by Crippen LogP contribution is 2.21. The van der Waals surface area contributed by atoms with Crippen LogP contribution in [0.5, 0.6) is 0 Å². The summed E-state index contributed by atoms with van der Waals surface area (Å²) in [5, 5.41) is 8.47. The fraction of sp³-hybridized carbons (Fsp3) is 0.167. The molecule has 0 aromatic heterocycles. The zero-order chi connectivity index (χ0) is 20.6. The zero-order valence-electron chi connectivity index (χ0n) is 16.6. The monoisotopic (exact) mass is 387 g/mol. The van der Waals surface area contributed by atoms with Crippen LogP contribution in [-0.4, -0.2) is 18.0 Å². The fourth-order valence-corrected chi connectivity index (χ4v) is 2.85. The number of hydrogen-bond donors (Lipinski definition) is 3. The first-order chi connectivity index (χ1) is 14.0. The fourth-order valence-electron chi connectivity index (χ4n) is 2.85. The maximum absolute atomic E-state index is 12.5. The number of amides is 3. The summed E-state index contributed by atoms with van der Waals surface area (Å²) in [5.41, 5.74) is 4.46. The molecule has 0 unspecified atom stereocenters. The van der Waals surface area contributed by atoms with Gasteiger partial charge in [-0.15, -0.1) is 0 Å². The van der Waals surface area contributed by atoms with Crippen molar-refractivity contribution in [2.24, 2.45) is 0 Å². The van der Waals surface area contributed by atoms with Gasteiger partial charge in [0.25, 0.3) is 5.91 Å². The Balaban J connectivity index is 1.56. The second-order valence-electron chi connectivity index (χ2n) is 7.08. The predicted molar refractivity (Wildman–Crippen MR) is 117 cm³/mol. The van der Waals surface area contributed by atoms with Crippen LogP contribution in [0.15, 0.2) is 78.9 Å². The quantitative estimate of drug-likeness (QED) is 0.568. The maximum atomic E-state index is 12.5. The summed E-state index contributed by atoms with van der Waals surface area (Å²) in [5.74, 6) is -0.172. The van der Waals surface area contributed by atoms with Crippen LogP contribution in [0.4, 0.5) is 10.5 Å². The van der Waals surface area contributed by atoms with Gasteiger partial charge in [-0.2, -0.15) is 0 Å². The standard InChI is InChI=1S/C24H25N3O2/c1-17(2)26-24(29)25-16-18-8-10-21(11-9-18)23(28)27-22-14-12-20(13-15-22)19-6-4-3-5-7-19/h3-15,17H,16H2,1-2H3,(H,27,28)(H2,25,26,29). The van der Waals surface area contributed by atoms with E-state index in [1.807, 2.05) is 68.4 Å². The lowest BCUT2D eigenvalue weighted by atomic mass is 10.1. The Morgan fingerprint density at radius 2 is 1.41 bits per heavy atom. The molecular formula is C24H25N3O2. The SMILES string of the molecule is CC(C)NC(=O)NCc1ccc(C(=O)Nc2ccc(-c3ccccc3)cc2)cc1. The minimum absolute atomic E-state index is 0.0860. The van der Waals surface area contributed by atoms with Gasteiger partial charge >= 0.3 is 6.03 Å². The van der Waals surface area contributed by atoms with Crippen LogP contribution in [0.3, 0.4) is 0 Å². The van der Waals surface area contributed by atoms with E-state index in [0.29, 0.717) is 12.1 Å². The first kappa shape index (κ1) is 20.1. The molecule has 0 radical (unpaired) electrons. The van der Waals surface area contributed by atoms with Crippen molar-refractivity contribution >= 4 is 17.6 Å². The van der Waals surface area contributed by atoms with Gasteiger partial charge in [0, 0.05) is 23.8 Å². The maximum Gasteiger partial charge on any atom is 0.315 e. The molecule has 5 nitrogen and oxygen atoms in total. The Bertz CT molecular complexity index is 950. The van der Waals surface area contributed by atoms with E-state index in [1.54, 1.807) is 12.1 Å². The van der Waals surface area contributed by atoms with Crippen LogP contribution in [0.1, 0.15) is 29.8 Å². The van der Waals surface area contributed by atoms with Crippen LogP contribution in [0.25, 0.3) is 11.1 Å². The Kier molecular flexibility index (Phi) is 6.63. The third-order valence-electron chi connectivity index (χ3n) is 4.34. The Morgan fingerprint density at radius 3 is 2.03 bits per heavy atom. The van der Waals surface area contributed by atoms with Crippen molar-refractivity contribution in [3.8, 4) is 11.1 Å². The first-order valence-corrected chi connectivity index (χ1v) is 9.61. The van der Waals surface area contributed by atoms with Crippen LogP contribution < -0.4 is 16.0 Å². The highest BCUT2D eigenvalue weighted by Gasteiger charge is 2.07. The third kappa shape index (κ3) is 5.94. The Labute approximate surface area is 171 Å². The summed E-state index contributed by atoms with van der Waals surface area (Å²) in [6.45, 7) is 4.21. The van der Waals surface area contributed by atoms with E-state index >= 15 is 0 Å². The van der Waals surface area contributed by atoms with E-state index < -0.39 is 0 Å². The largest absolute Gasteiger partial charge is 0.336 e. The van der Waals surface area contributed by atoms with Gasteiger partial charge in [0.1, 0.15) is 0 Å². The lowest BCUT2D eigenvalue weighted by Gasteiger charge is -2.10. The zero-order valence-corrected chi connectivity index (χ0v) is 16.6. The van der Waals surface area contributed by atoms with E-state index in [0.717, 1.165) is 22.4 Å². The van der Waals surface area contributed by atoms with Crippen molar-refractivity contribution in [1.29, 1.82) is 0 Å². The van der Waals surface area contributed by atoms with Crippen LogP contribution in [0.2, 0.25) is 0 Å². The van der Waals surface area contributed by atoms with Gasteiger partial charge in [-0.1, -0.05) is 54.6 Å². The number of nitrogens with one attached hydrogen (secondary N) is 3. The topological polar surface area (TPSA) is 70.2 Å². The smallest absolute Gasteiger partial charge is 0.315 e. The molecule has 0 aliphatic carbocycles. The van der Waals surface area contributed by atoms with Crippen LogP contribution >= 0.6 is 0 Å². The highest BCUT2D eigenvalue weighted by molar-refractivity contribution is 6.04. The summed E-state index contributed by atoms with van der Waals surface area (Å²) in [7, 11) is 0. The van der Waals surface area contributed by atoms with Gasteiger partial charge in [-0.3, -0.25) is 4.79 Å².